The van der Waals surface area contributed by atoms with Gasteiger partial charge in [0.1, 0.15) is 0 Å². The molecule has 1 N–H and O–H groups in total. The average Bonchev–Trinajstić information content (AvgIpc) is 2.75. The number of likely N-dealkylation sites (tertiary alicyclic amines) is 1. The Balaban J connectivity index is 2.13. The summed E-state index contributed by atoms with van der Waals surface area (Å²) in [5.41, 5.74) is 0. The molecule has 2 atom stereocenters. The van der Waals surface area contributed by atoms with Crippen LogP contribution in [0.15, 0.2) is 0 Å². The van der Waals surface area contributed by atoms with Crippen molar-refractivity contribution < 1.29 is 5.11 Å². The van der Waals surface area contributed by atoms with Gasteiger partial charge in [0.25, 0.3) is 0 Å². The molecule has 0 aromatic carbocycles. The van der Waals surface area contributed by atoms with Gasteiger partial charge in [-0.25, -0.2) is 0 Å². The Kier molecular flexibility index (Phi) is 7.09. The summed E-state index contributed by atoms with van der Waals surface area (Å²) in [5, 5.41) is 9.20. The molecule has 1 aliphatic heterocycles. The standard InChI is InChI=1S/C14H30N2O/c1-4-16(5-2)14-9-11-15(12-14)10-7-6-8-13(3)17/h13-14,17H,4-12H2,1-3H3. The third kappa shape index (κ3) is 5.36. The number of hydrogen-bond acceptors (Lipinski definition) is 3. The Morgan fingerprint density at radius 3 is 2.59 bits per heavy atom. The smallest absolute Gasteiger partial charge is 0.0512 e. The van der Waals surface area contributed by atoms with Crippen LogP contribution in [0.3, 0.4) is 0 Å². The lowest BCUT2D eigenvalue weighted by atomic mass is 10.2. The molecule has 1 heterocycles. The molecule has 0 aromatic rings. The monoisotopic (exact) mass is 242 g/mol. The summed E-state index contributed by atoms with van der Waals surface area (Å²) in [4.78, 5) is 5.17. The number of unbranched alkanes of at least 4 members (excludes halogenated alkanes) is 1. The molecular weight excluding hydrogens is 212 g/mol. The van der Waals surface area contributed by atoms with Crippen LogP contribution in [-0.4, -0.2) is 59.8 Å². The van der Waals surface area contributed by atoms with Crippen molar-refractivity contribution >= 4 is 0 Å². The van der Waals surface area contributed by atoms with E-state index in [2.05, 4.69) is 23.6 Å². The van der Waals surface area contributed by atoms with Gasteiger partial charge in [-0.05, 0) is 58.8 Å². The zero-order chi connectivity index (χ0) is 12.7. The van der Waals surface area contributed by atoms with Crippen molar-refractivity contribution in [3.63, 3.8) is 0 Å². The topological polar surface area (TPSA) is 26.7 Å². The molecule has 0 saturated carbocycles. The van der Waals surface area contributed by atoms with E-state index in [1.807, 2.05) is 6.92 Å². The fourth-order valence-electron chi connectivity index (χ4n) is 2.83. The van der Waals surface area contributed by atoms with E-state index in [0.717, 1.165) is 18.9 Å². The molecule has 3 heteroatoms. The number of aliphatic hydroxyl groups is 1. The van der Waals surface area contributed by atoms with E-state index in [1.165, 1.54) is 45.6 Å². The quantitative estimate of drug-likeness (QED) is 0.659. The lowest BCUT2D eigenvalue weighted by Crippen LogP contribution is -2.37. The number of likely N-dealkylation sites (N-methyl/N-ethyl adjacent to an activating group) is 1. The Labute approximate surface area is 107 Å². The second kappa shape index (κ2) is 8.06. The molecule has 2 unspecified atom stereocenters. The largest absolute Gasteiger partial charge is 0.393 e. The van der Waals surface area contributed by atoms with Crippen molar-refractivity contribution in [2.24, 2.45) is 0 Å². The van der Waals surface area contributed by atoms with E-state index in [4.69, 9.17) is 0 Å². The Hall–Kier alpha value is -0.120. The first-order valence-corrected chi connectivity index (χ1v) is 7.31. The first-order chi connectivity index (χ1) is 8.17. The highest BCUT2D eigenvalue weighted by molar-refractivity contribution is 4.82. The summed E-state index contributed by atoms with van der Waals surface area (Å²) < 4.78 is 0. The van der Waals surface area contributed by atoms with Crippen LogP contribution in [0, 0.1) is 0 Å². The third-order valence-corrected chi connectivity index (χ3v) is 3.92. The van der Waals surface area contributed by atoms with Crippen molar-refractivity contribution in [3.8, 4) is 0 Å². The maximum Gasteiger partial charge on any atom is 0.0512 e. The minimum absolute atomic E-state index is 0.128. The molecule has 0 aromatic heterocycles. The molecule has 17 heavy (non-hydrogen) atoms. The molecule has 0 spiro atoms. The van der Waals surface area contributed by atoms with Crippen LogP contribution in [0.2, 0.25) is 0 Å². The molecule has 3 nitrogen and oxygen atoms in total. The first kappa shape index (κ1) is 14.9. The zero-order valence-electron chi connectivity index (χ0n) is 11.9. The Morgan fingerprint density at radius 2 is 2.00 bits per heavy atom. The predicted molar refractivity (Wildman–Crippen MR) is 73.3 cm³/mol. The first-order valence-electron chi connectivity index (χ1n) is 7.31. The molecule has 0 aliphatic carbocycles. The van der Waals surface area contributed by atoms with Crippen LogP contribution in [0.4, 0.5) is 0 Å². The number of hydrogen-bond donors (Lipinski definition) is 1. The molecular formula is C14H30N2O. The van der Waals surface area contributed by atoms with E-state index in [-0.39, 0.29) is 6.10 Å². The highest BCUT2D eigenvalue weighted by Crippen LogP contribution is 2.16. The molecule has 1 saturated heterocycles. The second-order valence-corrected chi connectivity index (χ2v) is 5.31. The number of aliphatic hydroxyl groups excluding tert-OH is 1. The summed E-state index contributed by atoms with van der Waals surface area (Å²) in [6, 6.07) is 0.779. The van der Waals surface area contributed by atoms with E-state index in [0.29, 0.717) is 0 Å². The fourth-order valence-corrected chi connectivity index (χ4v) is 2.83. The van der Waals surface area contributed by atoms with Gasteiger partial charge in [-0.3, -0.25) is 4.90 Å². The number of rotatable bonds is 8. The van der Waals surface area contributed by atoms with Crippen LogP contribution in [-0.2, 0) is 0 Å². The summed E-state index contributed by atoms with van der Waals surface area (Å²) in [7, 11) is 0. The van der Waals surface area contributed by atoms with Crippen LogP contribution in [0.25, 0.3) is 0 Å². The molecule has 1 fully saturated rings. The minimum atomic E-state index is -0.128. The molecule has 1 aliphatic rings. The van der Waals surface area contributed by atoms with Crippen molar-refractivity contribution in [1.29, 1.82) is 0 Å². The van der Waals surface area contributed by atoms with Crippen molar-refractivity contribution in [2.75, 3.05) is 32.7 Å². The highest BCUT2D eigenvalue weighted by Gasteiger charge is 2.25. The van der Waals surface area contributed by atoms with Crippen molar-refractivity contribution in [3.05, 3.63) is 0 Å². The fraction of sp³-hybridized carbons (Fsp3) is 1.00. The summed E-state index contributed by atoms with van der Waals surface area (Å²) in [6.07, 6.45) is 4.54. The third-order valence-electron chi connectivity index (χ3n) is 3.92. The van der Waals surface area contributed by atoms with Gasteiger partial charge in [0.2, 0.25) is 0 Å². The molecule has 0 amide bonds. The van der Waals surface area contributed by atoms with Gasteiger partial charge >= 0.3 is 0 Å². The van der Waals surface area contributed by atoms with Gasteiger partial charge in [-0.15, -0.1) is 0 Å². The van der Waals surface area contributed by atoms with Crippen molar-refractivity contribution in [2.45, 2.75) is 58.6 Å². The lowest BCUT2D eigenvalue weighted by Gasteiger charge is -2.26. The lowest BCUT2D eigenvalue weighted by molar-refractivity contribution is 0.176. The van der Waals surface area contributed by atoms with Gasteiger partial charge in [-0.1, -0.05) is 13.8 Å². The molecule has 0 radical (unpaired) electrons. The van der Waals surface area contributed by atoms with Crippen LogP contribution < -0.4 is 0 Å². The van der Waals surface area contributed by atoms with E-state index >= 15 is 0 Å². The zero-order valence-corrected chi connectivity index (χ0v) is 11.9. The molecule has 0 bridgehead atoms. The Bertz CT molecular complexity index is 193. The van der Waals surface area contributed by atoms with Gasteiger partial charge in [0, 0.05) is 12.6 Å². The van der Waals surface area contributed by atoms with E-state index in [1.54, 1.807) is 0 Å². The minimum Gasteiger partial charge on any atom is -0.393 e. The van der Waals surface area contributed by atoms with Gasteiger partial charge in [0.05, 0.1) is 6.10 Å². The maximum absolute atomic E-state index is 9.20. The SMILES string of the molecule is CCN(CC)C1CCN(CCCCC(C)O)C1. The van der Waals surface area contributed by atoms with Crippen molar-refractivity contribution in [1.82, 2.24) is 9.80 Å². The van der Waals surface area contributed by atoms with E-state index < -0.39 is 0 Å². The number of nitrogens with zero attached hydrogens (tertiary/aromatic N) is 2. The summed E-state index contributed by atoms with van der Waals surface area (Å²) >= 11 is 0. The highest BCUT2D eigenvalue weighted by atomic mass is 16.3. The van der Waals surface area contributed by atoms with Gasteiger partial charge < -0.3 is 10.0 Å². The molecule has 102 valence electrons. The van der Waals surface area contributed by atoms with Crippen LogP contribution in [0.1, 0.15) is 46.5 Å². The maximum atomic E-state index is 9.20. The van der Waals surface area contributed by atoms with Gasteiger partial charge in [-0.2, -0.15) is 0 Å². The average molecular weight is 242 g/mol. The Morgan fingerprint density at radius 1 is 1.29 bits per heavy atom. The predicted octanol–water partition coefficient (Wildman–Crippen LogP) is 1.95. The van der Waals surface area contributed by atoms with Gasteiger partial charge in [0.15, 0.2) is 0 Å². The molecule has 1 rings (SSSR count). The van der Waals surface area contributed by atoms with Crippen LogP contribution in [0.5, 0.6) is 0 Å². The second-order valence-electron chi connectivity index (χ2n) is 5.31. The normalized spacial score (nSPS) is 23.5. The summed E-state index contributed by atoms with van der Waals surface area (Å²) in [5.74, 6) is 0. The van der Waals surface area contributed by atoms with Crippen LogP contribution >= 0.6 is 0 Å². The summed E-state index contributed by atoms with van der Waals surface area (Å²) in [6.45, 7) is 12.5. The van der Waals surface area contributed by atoms with E-state index in [9.17, 15) is 5.11 Å².